The number of rotatable bonds is 19. The fourth-order valence-corrected chi connectivity index (χ4v) is 15.6. The summed E-state index contributed by atoms with van der Waals surface area (Å²) in [4.78, 5) is 41.1. The number of hydrogen-bond acceptors (Lipinski definition) is 25. The number of sulfonamides is 4. The fourth-order valence-electron chi connectivity index (χ4n) is 8.60. The van der Waals surface area contributed by atoms with Crippen LogP contribution in [0, 0.1) is 0 Å². The minimum atomic E-state index is -4.10. The van der Waals surface area contributed by atoms with Crippen molar-refractivity contribution in [2.75, 3.05) is 68.7 Å². The molecule has 4 N–H and O–H groups in total. The molecule has 6 heterocycles. The zero-order valence-electron chi connectivity index (χ0n) is 53.0. The van der Waals surface area contributed by atoms with Crippen LogP contribution in [0.4, 0.5) is 23.3 Å². The number of aromatic nitrogens is 10. The molecule has 41 heteroatoms. The number of nitrogens with zero attached hydrogens (tertiary/aromatic N) is 10. The molecule has 0 unspecified atom stereocenters. The molecule has 0 spiro atoms. The number of nitrogens with one attached hydrogen (secondary N) is 4. The van der Waals surface area contributed by atoms with Crippen molar-refractivity contribution >= 4 is 201 Å². The van der Waals surface area contributed by atoms with Gasteiger partial charge in [0.15, 0.2) is 22.8 Å². The van der Waals surface area contributed by atoms with Gasteiger partial charge in [0, 0.05) is 30.6 Å². The summed E-state index contributed by atoms with van der Waals surface area (Å²) in [7, 11) is -6.34. The van der Waals surface area contributed by atoms with Crippen molar-refractivity contribution in [1.29, 1.82) is 0 Å². The highest BCUT2D eigenvalue weighted by Gasteiger charge is 2.28. The van der Waals surface area contributed by atoms with Crippen molar-refractivity contribution in [2.24, 2.45) is 0 Å². The van der Waals surface area contributed by atoms with Gasteiger partial charge >= 0.3 is 0 Å². The molecule has 29 nitrogen and oxygen atoms in total. The van der Waals surface area contributed by atoms with Crippen molar-refractivity contribution in [3.05, 3.63) is 180 Å². The second kappa shape index (κ2) is 32.9. The summed E-state index contributed by atoms with van der Waals surface area (Å²) in [6.45, 7) is 0. The molecule has 102 heavy (non-hydrogen) atoms. The van der Waals surface area contributed by atoms with E-state index in [1.54, 1.807) is 60.8 Å². The van der Waals surface area contributed by atoms with Gasteiger partial charge in [0.25, 0.3) is 63.6 Å². The Hall–Kier alpha value is -9.10. The lowest BCUT2D eigenvalue weighted by Crippen LogP contribution is -2.16. The molecule has 0 bridgehead atoms. The van der Waals surface area contributed by atoms with Crippen molar-refractivity contribution in [3.63, 3.8) is 0 Å². The maximum Gasteiger partial charge on any atom is 0.264 e. The molecule has 12 aromatic rings. The first-order chi connectivity index (χ1) is 48.5. The number of benzene rings is 6. The number of fused-ring (bicyclic) bond motifs is 4. The van der Waals surface area contributed by atoms with Gasteiger partial charge in [-0.15, -0.1) is 0 Å². The molecule has 532 valence electrons. The van der Waals surface area contributed by atoms with E-state index in [-0.39, 0.29) is 112 Å². The Balaban J connectivity index is 0.000000158. The third kappa shape index (κ3) is 17.7. The molecule has 0 aliphatic carbocycles. The quantitative estimate of drug-likeness (QED) is 0.0584. The molecule has 0 aliphatic rings. The first-order valence-corrected chi connectivity index (χ1v) is 37.0. The van der Waals surface area contributed by atoms with Crippen molar-refractivity contribution in [2.45, 2.75) is 19.6 Å². The van der Waals surface area contributed by atoms with E-state index in [0.717, 1.165) is 0 Å². The second-order valence-electron chi connectivity index (χ2n) is 19.7. The van der Waals surface area contributed by atoms with Crippen LogP contribution in [0.2, 0.25) is 40.2 Å². The molecular weight excluding hydrogens is 1580 g/mol. The molecule has 0 saturated heterocycles. The molecule has 0 radical (unpaired) electrons. The Labute approximate surface area is 621 Å². The van der Waals surface area contributed by atoms with E-state index in [4.69, 9.17) is 126 Å². The molecular formula is C61H48Cl8N14O15S4. The van der Waals surface area contributed by atoms with E-state index >= 15 is 0 Å². The third-order valence-corrected chi connectivity index (χ3v) is 22.6. The predicted molar refractivity (Wildman–Crippen MR) is 389 cm³/mol. The van der Waals surface area contributed by atoms with E-state index in [9.17, 15) is 33.7 Å². The Morgan fingerprint density at radius 2 is 0.598 bits per heavy atom. The number of ether oxygens (including phenoxy) is 7. The monoisotopic (exact) mass is 1620 g/mol. The van der Waals surface area contributed by atoms with Gasteiger partial charge < -0.3 is 33.2 Å². The lowest BCUT2D eigenvalue weighted by atomic mass is 10.2. The number of hydrogen-bond donors (Lipinski definition) is 4. The van der Waals surface area contributed by atoms with Crippen molar-refractivity contribution in [3.8, 4) is 40.8 Å². The largest absolute Gasteiger partial charge is 0.497 e. The summed E-state index contributed by atoms with van der Waals surface area (Å²) in [6, 6.07) is 32.1. The van der Waals surface area contributed by atoms with Crippen LogP contribution >= 0.6 is 92.8 Å². The van der Waals surface area contributed by atoms with Gasteiger partial charge in [-0.05, 0) is 84.9 Å². The van der Waals surface area contributed by atoms with Gasteiger partial charge in [0.2, 0.25) is 23.3 Å². The van der Waals surface area contributed by atoms with Gasteiger partial charge in [-0.25, -0.2) is 78.5 Å². The van der Waals surface area contributed by atoms with Gasteiger partial charge in [0.1, 0.15) is 36.4 Å². The van der Waals surface area contributed by atoms with Gasteiger partial charge in [-0.3, -0.25) is 18.9 Å². The predicted octanol–water partition coefficient (Wildman–Crippen LogP) is 13.8. The Morgan fingerprint density at radius 1 is 0.294 bits per heavy atom. The van der Waals surface area contributed by atoms with E-state index in [1.165, 1.54) is 129 Å². The average molecular weight is 1630 g/mol. The standard InChI is InChI=1S/C17H15Cl2N3O5S.C16H13Cl2N3O4S.2C14H10Cl2N4O3S/c1-25-12-7-10-11(8-13(12)26-2)21-17(27-3)16(20-10)22-28(23,24)14-6-4-5-9(18)15(14)19;1-24-9-6-7-11-12(8-9)19-15(16(20-11)25-2)21-26(22,23)13-5-3-4-10(17)14(13)18;1-23-14-13(19-12-9(18-14)5-3-7-17-12)20-24(21,22)10-6-2-4-8(15)11(10)16;1-23-14-13(18-9-5-3-7-17-12(9)19-14)20-24(21,22)10-6-2-4-8(15)11(10)16/h4-8H,1-3H3,(H,20,22);3-8H,1-2H3,(H,19,21);2-7H,1H3,(H,17,19,20);2-7H,1H3,(H,18,20). The highest BCUT2D eigenvalue weighted by atomic mass is 35.5. The molecule has 0 atom stereocenters. The zero-order chi connectivity index (χ0) is 74.0. The maximum atomic E-state index is 12.8. The van der Waals surface area contributed by atoms with Crippen LogP contribution in [0.3, 0.4) is 0 Å². The third-order valence-electron chi connectivity index (χ3n) is 13.3. The normalized spacial score (nSPS) is 11.4. The van der Waals surface area contributed by atoms with Crippen LogP contribution in [0.1, 0.15) is 0 Å². The summed E-state index contributed by atoms with van der Waals surface area (Å²) >= 11 is 47.6. The molecule has 0 amide bonds. The lowest BCUT2D eigenvalue weighted by Gasteiger charge is -2.14. The van der Waals surface area contributed by atoms with E-state index in [1.807, 2.05) is 0 Å². The van der Waals surface area contributed by atoms with Crippen LogP contribution in [0.15, 0.2) is 159 Å². The first-order valence-electron chi connectivity index (χ1n) is 28.1. The van der Waals surface area contributed by atoms with Crippen LogP contribution in [0.25, 0.3) is 44.4 Å². The summed E-state index contributed by atoms with van der Waals surface area (Å²) < 4.78 is 147. The lowest BCUT2D eigenvalue weighted by molar-refractivity contribution is 0.355. The molecule has 0 saturated carbocycles. The summed E-state index contributed by atoms with van der Waals surface area (Å²) in [5.74, 6) is 1.05. The molecule has 6 aromatic heterocycles. The highest BCUT2D eigenvalue weighted by molar-refractivity contribution is 7.93. The summed E-state index contributed by atoms with van der Waals surface area (Å²) in [6.07, 6.45) is 3.07. The number of halogens is 8. The molecule has 6 aromatic carbocycles. The number of methoxy groups -OCH3 is 7. The van der Waals surface area contributed by atoms with Crippen molar-refractivity contribution < 1.29 is 66.8 Å². The molecule has 0 aliphatic heterocycles. The van der Waals surface area contributed by atoms with Crippen LogP contribution in [-0.2, 0) is 40.1 Å². The van der Waals surface area contributed by atoms with Crippen LogP contribution in [0.5, 0.6) is 40.8 Å². The fraction of sp³-hybridized carbons (Fsp3) is 0.115. The second-order valence-corrected chi connectivity index (χ2v) is 29.4. The first kappa shape index (κ1) is 77.1. The summed E-state index contributed by atoms with van der Waals surface area (Å²) in [5, 5.41) is 0.122. The Bertz CT molecular complexity index is 5520. The van der Waals surface area contributed by atoms with Gasteiger partial charge in [0.05, 0.1) is 112 Å². The van der Waals surface area contributed by atoms with Crippen molar-refractivity contribution in [1.82, 2.24) is 49.8 Å². The zero-order valence-corrected chi connectivity index (χ0v) is 62.3. The van der Waals surface area contributed by atoms with Crippen LogP contribution in [-0.4, -0.2) is 133 Å². The smallest absolute Gasteiger partial charge is 0.264 e. The van der Waals surface area contributed by atoms with Crippen LogP contribution < -0.4 is 52.0 Å². The SMILES string of the molecule is COc1cc2nc(NS(=O)(=O)c3cccc(Cl)c3Cl)c(OC)nc2cc1OC.COc1ccc2nc(OC)c(NS(=O)(=O)c3cccc(Cl)c3Cl)nc2c1.COc1nc2cccnc2nc1NS(=O)(=O)c1cccc(Cl)c1Cl.COc1nc2ncccc2nc1NS(=O)(=O)c1cccc(Cl)c1Cl. The van der Waals surface area contributed by atoms with Gasteiger partial charge in [-0.1, -0.05) is 117 Å². The van der Waals surface area contributed by atoms with E-state index in [0.29, 0.717) is 56.0 Å². The molecule has 0 fully saturated rings. The van der Waals surface area contributed by atoms with Gasteiger partial charge in [-0.2, -0.15) is 4.98 Å². The van der Waals surface area contributed by atoms with E-state index in [2.05, 4.69) is 68.7 Å². The Kier molecular flexibility index (Phi) is 24.9. The minimum Gasteiger partial charge on any atom is -0.497 e. The number of pyridine rings is 2. The highest BCUT2D eigenvalue weighted by Crippen LogP contribution is 2.39. The maximum absolute atomic E-state index is 12.8. The minimum absolute atomic E-state index is 0.0112. The average Bonchev–Trinajstić information content (AvgIpc) is 0.796. The molecule has 12 rings (SSSR count). The Morgan fingerprint density at radius 3 is 0.961 bits per heavy atom. The summed E-state index contributed by atoms with van der Waals surface area (Å²) in [5.41, 5.74) is 3.23. The topological polar surface area (TPSA) is 378 Å². The van der Waals surface area contributed by atoms with E-state index < -0.39 is 40.1 Å². The number of anilines is 4.